The van der Waals surface area contributed by atoms with Crippen molar-refractivity contribution < 1.29 is 36.6 Å². The van der Waals surface area contributed by atoms with Crippen LogP contribution in [0.15, 0.2) is 12.1 Å². The number of aromatic nitrogens is 1. The zero-order valence-corrected chi connectivity index (χ0v) is 20.2. The first-order valence-electron chi connectivity index (χ1n) is 10.0. The van der Waals surface area contributed by atoms with Gasteiger partial charge < -0.3 is 19.8 Å². The summed E-state index contributed by atoms with van der Waals surface area (Å²) >= 11 is 17.5. The van der Waals surface area contributed by atoms with Crippen molar-refractivity contribution >= 4 is 46.7 Å². The van der Waals surface area contributed by atoms with Gasteiger partial charge in [-0.05, 0) is 31.0 Å². The number of aromatic amines is 1. The van der Waals surface area contributed by atoms with E-state index in [9.17, 15) is 27.2 Å². The number of nitrogens with one attached hydrogen (secondary N) is 2. The summed E-state index contributed by atoms with van der Waals surface area (Å²) in [6.07, 6.45) is -4.93. The van der Waals surface area contributed by atoms with Crippen LogP contribution < -0.4 is 10.1 Å². The Bertz CT molecular complexity index is 1030. The van der Waals surface area contributed by atoms with Gasteiger partial charge in [0.2, 0.25) is 0 Å². The van der Waals surface area contributed by atoms with Crippen molar-refractivity contribution in [3.63, 3.8) is 0 Å². The fourth-order valence-corrected chi connectivity index (χ4v) is 3.78. The summed E-state index contributed by atoms with van der Waals surface area (Å²) in [5.41, 5.74) is -1.46. The number of amides is 1. The van der Waals surface area contributed by atoms with Crippen LogP contribution in [-0.2, 0) is 33.3 Å². The van der Waals surface area contributed by atoms with E-state index in [0.29, 0.717) is 0 Å². The van der Waals surface area contributed by atoms with E-state index >= 15 is 0 Å². The molecule has 0 saturated heterocycles. The number of rotatable bonds is 11. The van der Waals surface area contributed by atoms with E-state index in [-0.39, 0.29) is 70.9 Å². The standard InChI is InChI=1S/C21H21Cl3F4N2O4/c1-2-33-18(32)9-29-17(31)10-34-16-7-12(14(25)8-13(16)24)19-11(3-5-22)20(21(26,27)28)30-15(19)4-6-23/h7-8,30H,2-6,9-10H2,1H3,(H,29,31). The molecule has 1 amide bonds. The number of H-pyrrole nitrogens is 1. The fourth-order valence-electron chi connectivity index (χ4n) is 3.20. The molecule has 0 aliphatic carbocycles. The lowest BCUT2D eigenvalue weighted by molar-refractivity contribution is -0.143. The van der Waals surface area contributed by atoms with E-state index in [1.807, 2.05) is 0 Å². The first-order chi connectivity index (χ1) is 16.0. The third kappa shape index (κ3) is 7.16. The number of ether oxygens (including phenoxy) is 2. The molecule has 0 aliphatic heterocycles. The highest BCUT2D eigenvalue weighted by molar-refractivity contribution is 6.32. The summed E-state index contributed by atoms with van der Waals surface area (Å²) in [5.74, 6) is -2.56. The molecule has 0 bridgehead atoms. The van der Waals surface area contributed by atoms with Gasteiger partial charge in [0.15, 0.2) is 6.61 Å². The molecular formula is C21H21Cl3F4N2O4. The maximum absolute atomic E-state index is 14.9. The predicted octanol–water partition coefficient (Wildman–Crippen LogP) is 5.11. The van der Waals surface area contributed by atoms with E-state index < -0.39 is 36.2 Å². The van der Waals surface area contributed by atoms with E-state index in [1.54, 1.807) is 6.92 Å². The number of alkyl halides is 5. The summed E-state index contributed by atoms with van der Waals surface area (Å²) in [4.78, 5) is 25.6. The van der Waals surface area contributed by atoms with Crippen molar-refractivity contribution in [1.29, 1.82) is 0 Å². The van der Waals surface area contributed by atoms with Crippen LogP contribution in [0, 0.1) is 5.82 Å². The average Bonchev–Trinajstić information content (AvgIpc) is 3.11. The molecule has 6 nitrogen and oxygen atoms in total. The maximum atomic E-state index is 14.9. The molecule has 2 N–H and O–H groups in total. The lowest BCUT2D eigenvalue weighted by Crippen LogP contribution is -2.34. The molecule has 1 heterocycles. The average molecular weight is 548 g/mol. The van der Waals surface area contributed by atoms with Gasteiger partial charge in [0.05, 0.1) is 11.6 Å². The summed E-state index contributed by atoms with van der Waals surface area (Å²) in [7, 11) is 0. The van der Waals surface area contributed by atoms with Gasteiger partial charge in [0.25, 0.3) is 5.91 Å². The Kier molecular flexibility index (Phi) is 10.3. The van der Waals surface area contributed by atoms with Gasteiger partial charge in [-0.2, -0.15) is 13.2 Å². The SMILES string of the molecule is CCOC(=O)CNC(=O)COc1cc(-c2c(CCCl)[nH]c(C(F)(F)F)c2CCCl)c(F)cc1Cl. The first-order valence-corrected chi connectivity index (χ1v) is 11.4. The lowest BCUT2D eigenvalue weighted by Gasteiger charge is -2.14. The van der Waals surface area contributed by atoms with Gasteiger partial charge in [-0.3, -0.25) is 9.59 Å². The number of benzene rings is 1. The normalized spacial score (nSPS) is 11.4. The molecule has 2 rings (SSSR count). The molecule has 0 saturated carbocycles. The van der Waals surface area contributed by atoms with Gasteiger partial charge in [-0.15, -0.1) is 23.2 Å². The van der Waals surface area contributed by atoms with Crippen LogP contribution in [0.25, 0.3) is 11.1 Å². The molecule has 0 radical (unpaired) electrons. The van der Waals surface area contributed by atoms with Crippen molar-refractivity contribution in [2.24, 2.45) is 0 Å². The van der Waals surface area contributed by atoms with Gasteiger partial charge >= 0.3 is 12.1 Å². The van der Waals surface area contributed by atoms with Gasteiger partial charge in [0.1, 0.15) is 23.8 Å². The van der Waals surface area contributed by atoms with E-state index in [1.165, 1.54) is 0 Å². The minimum atomic E-state index is -4.74. The molecule has 13 heteroatoms. The number of esters is 1. The van der Waals surface area contributed by atoms with E-state index in [4.69, 9.17) is 39.5 Å². The van der Waals surface area contributed by atoms with Crippen LogP contribution in [0.5, 0.6) is 5.75 Å². The van der Waals surface area contributed by atoms with Crippen LogP contribution in [0.4, 0.5) is 17.6 Å². The quantitative estimate of drug-likeness (QED) is 0.233. The maximum Gasteiger partial charge on any atom is 0.431 e. The number of halogens is 7. The third-order valence-corrected chi connectivity index (χ3v) is 5.21. The smallest absolute Gasteiger partial charge is 0.431 e. The minimum Gasteiger partial charge on any atom is -0.482 e. The fraction of sp³-hybridized carbons (Fsp3) is 0.429. The topological polar surface area (TPSA) is 80.4 Å². The van der Waals surface area contributed by atoms with Crippen molar-refractivity contribution in [2.75, 3.05) is 31.5 Å². The summed E-state index contributed by atoms with van der Waals surface area (Å²) in [5, 5.41) is 2.07. The second-order valence-corrected chi connectivity index (χ2v) is 8.00. The number of aryl methyl sites for hydroxylation is 1. The van der Waals surface area contributed by atoms with Crippen LogP contribution in [0.1, 0.15) is 23.9 Å². The highest BCUT2D eigenvalue weighted by Gasteiger charge is 2.38. The molecule has 1 aromatic carbocycles. The zero-order chi connectivity index (χ0) is 25.5. The Morgan fingerprint density at radius 1 is 1.15 bits per heavy atom. The summed E-state index contributed by atoms with van der Waals surface area (Å²) in [6, 6.07) is 1.98. The molecule has 188 valence electrons. The molecule has 0 unspecified atom stereocenters. The molecule has 1 aromatic heterocycles. The largest absolute Gasteiger partial charge is 0.482 e. The predicted molar refractivity (Wildman–Crippen MR) is 120 cm³/mol. The lowest BCUT2D eigenvalue weighted by atomic mass is 9.96. The number of carbonyl (C=O) groups is 2. The van der Waals surface area contributed by atoms with Crippen LogP contribution in [0.2, 0.25) is 5.02 Å². The van der Waals surface area contributed by atoms with Crippen molar-refractivity contribution in [2.45, 2.75) is 25.9 Å². The zero-order valence-electron chi connectivity index (χ0n) is 17.9. The van der Waals surface area contributed by atoms with E-state index in [0.717, 1.165) is 12.1 Å². The first kappa shape index (κ1) is 28.1. The molecule has 0 spiro atoms. The van der Waals surface area contributed by atoms with Gasteiger partial charge in [-0.1, -0.05) is 11.6 Å². The van der Waals surface area contributed by atoms with Crippen molar-refractivity contribution in [1.82, 2.24) is 10.3 Å². The Morgan fingerprint density at radius 3 is 2.41 bits per heavy atom. The molecule has 0 aliphatic rings. The van der Waals surface area contributed by atoms with Gasteiger partial charge in [-0.25, -0.2) is 4.39 Å². The van der Waals surface area contributed by atoms with Gasteiger partial charge in [0, 0.05) is 35.0 Å². The second-order valence-electron chi connectivity index (χ2n) is 6.84. The summed E-state index contributed by atoms with van der Waals surface area (Å²) in [6.45, 7) is 0.780. The Balaban J connectivity index is 2.41. The number of hydrogen-bond donors (Lipinski definition) is 2. The molecular weight excluding hydrogens is 527 g/mol. The molecule has 0 fully saturated rings. The highest BCUT2D eigenvalue weighted by atomic mass is 35.5. The molecule has 34 heavy (non-hydrogen) atoms. The number of carbonyl (C=O) groups excluding carboxylic acids is 2. The van der Waals surface area contributed by atoms with Crippen LogP contribution >= 0.6 is 34.8 Å². The molecule has 2 aromatic rings. The second kappa shape index (κ2) is 12.5. The minimum absolute atomic E-state index is 0.00320. The monoisotopic (exact) mass is 546 g/mol. The summed E-state index contributed by atoms with van der Waals surface area (Å²) < 4.78 is 65.8. The Labute approximate surface area is 207 Å². The van der Waals surface area contributed by atoms with Crippen LogP contribution in [0.3, 0.4) is 0 Å². The third-order valence-electron chi connectivity index (χ3n) is 4.54. The van der Waals surface area contributed by atoms with Crippen molar-refractivity contribution in [3.05, 3.63) is 39.9 Å². The Hall–Kier alpha value is -2.17. The highest BCUT2D eigenvalue weighted by Crippen LogP contribution is 2.42. The van der Waals surface area contributed by atoms with Crippen LogP contribution in [-0.4, -0.2) is 48.4 Å². The molecule has 0 atom stereocenters. The van der Waals surface area contributed by atoms with E-state index in [2.05, 4.69) is 15.0 Å². The Morgan fingerprint density at radius 2 is 1.82 bits per heavy atom. The van der Waals surface area contributed by atoms with Crippen molar-refractivity contribution in [3.8, 4) is 16.9 Å². The number of hydrogen-bond acceptors (Lipinski definition) is 4.